The highest BCUT2D eigenvalue weighted by Gasteiger charge is 2.22. The van der Waals surface area contributed by atoms with Crippen molar-refractivity contribution >= 4 is 28.2 Å². The molecule has 2 atom stereocenters. The fourth-order valence-corrected chi connectivity index (χ4v) is 2.32. The van der Waals surface area contributed by atoms with Gasteiger partial charge in [0.25, 0.3) is 5.91 Å². The summed E-state index contributed by atoms with van der Waals surface area (Å²) in [5, 5.41) is 5.48. The predicted molar refractivity (Wildman–Crippen MR) is 74.8 cm³/mol. The number of nitrogens with one attached hydrogen (secondary N) is 2. The van der Waals surface area contributed by atoms with Crippen molar-refractivity contribution in [2.75, 3.05) is 24.7 Å². The molecule has 0 saturated carbocycles. The molecule has 0 aromatic heterocycles. The molecule has 7 heteroatoms. The van der Waals surface area contributed by atoms with Gasteiger partial charge in [-0.1, -0.05) is 0 Å². The lowest BCUT2D eigenvalue weighted by atomic mass is 10.2. The first kappa shape index (κ1) is 14.8. The first-order valence-corrected chi connectivity index (χ1v) is 7.75. The van der Waals surface area contributed by atoms with Gasteiger partial charge in [0.15, 0.2) is 0 Å². The minimum atomic E-state index is -1.07. The third-order valence-corrected chi connectivity index (χ3v) is 3.80. The molecular weight excluding hydrogens is 280 g/mol. The Balaban J connectivity index is 1.89. The van der Waals surface area contributed by atoms with Gasteiger partial charge in [0.2, 0.25) is 5.78 Å². The van der Waals surface area contributed by atoms with Crippen LogP contribution in [-0.2, 0) is 25.1 Å². The van der Waals surface area contributed by atoms with E-state index in [0.29, 0.717) is 23.7 Å². The van der Waals surface area contributed by atoms with Gasteiger partial charge in [-0.2, -0.15) is 0 Å². The summed E-state index contributed by atoms with van der Waals surface area (Å²) < 4.78 is 16.4. The molecular formula is C13H16N2O4S. The zero-order valence-electron chi connectivity index (χ0n) is 11.0. The van der Waals surface area contributed by atoms with Crippen LogP contribution in [-0.4, -0.2) is 41.5 Å². The highest BCUT2D eigenvalue weighted by molar-refractivity contribution is 7.84. The van der Waals surface area contributed by atoms with E-state index in [2.05, 4.69) is 10.6 Å². The topological polar surface area (TPSA) is 84.5 Å². The summed E-state index contributed by atoms with van der Waals surface area (Å²) in [6, 6.07) is 6.54. The van der Waals surface area contributed by atoms with E-state index in [1.807, 2.05) is 0 Å². The van der Waals surface area contributed by atoms with Crippen LogP contribution in [0.3, 0.4) is 0 Å². The largest absolute Gasteiger partial charge is 0.362 e. The second kappa shape index (κ2) is 6.74. The van der Waals surface area contributed by atoms with Gasteiger partial charge in [-0.15, -0.1) is 0 Å². The number of ketones is 1. The van der Waals surface area contributed by atoms with Crippen LogP contribution in [0.4, 0.5) is 5.69 Å². The van der Waals surface area contributed by atoms with Gasteiger partial charge in [0.05, 0.1) is 13.0 Å². The van der Waals surface area contributed by atoms with E-state index in [-0.39, 0.29) is 12.6 Å². The van der Waals surface area contributed by atoms with Gasteiger partial charge in [0, 0.05) is 34.2 Å². The lowest BCUT2D eigenvalue weighted by Crippen LogP contribution is -2.31. The fourth-order valence-electron chi connectivity index (χ4n) is 1.80. The van der Waals surface area contributed by atoms with E-state index >= 15 is 0 Å². The van der Waals surface area contributed by atoms with Crippen molar-refractivity contribution in [2.24, 2.45) is 0 Å². The lowest BCUT2D eigenvalue weighted by molar-refractivity contribution is -0.136. The van der Waals surface area contributed by atoms with Gasteiger partial charge >= 0.3 is 0 Å². The number of rotatable bonds is 5. The summed E-state index contributed by atoms with van der Waals surface area (Å²) in [5.41, 5.74) is 0.498. The Kier molecular flexibility index (Phi) is 4.99. The molecule has 0 spiro atoms. The Bertz CT molecular complexity index is 524. The third kappa shape index (κ3) is 3.96. The number of carbonyl (C=O) groups excluding carboxylic acids is 2. The molecule has 0 aliphatic carbocycles. The van der Waals surface area contributed by atoms with Crippen LogP contribution in [0.5, 0.6) is 0 Å². The van der Waals surface area contributed by atoms with Gasteiger partial charge in [-0.25, -0.2) is 0 Å². The van der Waals surface area contributed by atoms with Crippen molar-refractivity contribution in [3.63, 3.8) is 0 Å². The van der Waals surface area contributed by atoms with Crippen molar-refractivity contribution in [2.45, 2.75) is 17.5 Å². The molecule has 1 aliphatic rings. The number of hydrogen-bond acceptors (Lipinski definition) is 5. The minimum Gasteiger partial charge on any atom is -0.362 e. The number of amides is 1. The summed E-state index contributed by atoms with van der Waals surface area (Å²) >= 11 is 0. The molecule has 2 unspecified atom stereocenters. The Labute approximate surface area is 119 Å². The first-order valence-electron chi connectivity index (χ1n) is 6.19. The number of Topliss-reactive ketones (excluding diaryl/α,β-unsaturated/α-hetero) is 1. The van der Waals surface area contributed by atoms with E-state index < -0.39 is 22.5 Å². The van der Waals surface area contributed by atoms with E-state index in [1.165, 1.54) is 0 Å². The number of anilines is 1. The van der Waals surface area contributed by atoms with Crippen LogP contribution >= 0.6 is 0 Å². The summed E-state index contributed by atoms with van der Waals surface area (Å²) in [7, 11) is -1.07. The van der Waals surface area contributed by atoms with Crippen LogP contribution < -0.4 is 10.6 Å². The van der Waals surface area contributed by atoms with Crippen LogP contribution in [0, 0.1) is 0 Å². The van der Waals surface area contributed by atoms with Crippen molar-refractivity contribution in [1.82, 2.24) is 5.32 Å². The van der Waals surface area contributed by atoms with E-state index in [4.69, 9.17) is 4.74 Å². The molecule has 0 bridgehead atoms. The molecule has 2 rings (SSSR count). The van der Waals surface area contributed by atoms with Crippen molar-refractivity contribution < 1.29 is 18.5 Å². The van der Waals surface area contributed by atoms with Gasteiger partial charge < -0.3 is 10.1 Å². The SMILES string of the molecule is CS(=O)c1ccc(NC(=O)C(=O)CC2NCCO2)cc1. The highest BCUT2D eigenvalue weighted by Crippen LogP contribution is 2.12. The second-order valence-corrected chi connectivity index (χ2v) is 5.75. The van der Waals surface area contributed by atoms with Crippen molar-refractivity contribution in [3.05, 3.63) is 24.3 Å². The van der Waals surface area contributed by atoms with Crippen LogP contribution in [0.2, 0.25) is 0 Å². The zero-order chi connectivity index (χ0) is 14.5. The third-order valence-electron chi connectivity index (χ3n) is 2.86. The minimum absolute atomic E-state index is 0.0168. The molecule has 108 valence electrons. The zero-order valence-corrected chi connectivity index (χ0v) is 11.9. The Morgan fingerprint density at radius 2 is 2.10 bits per heavy atom. The monoisotopic (exact) mass is 296 g/mol. The number of carbonyl (C=O) groups is 2. The maximum Gasteiger partial charge on any atom is 0.291 e. The number of ether oxygens (including phenoxy) is 1. The second-order valence-electron chi connectivity index (χ2n) is 4.37. The molecule has 1 aromatic rings. The van der Waals surface area contributed by atoms with Crippen molar-refractivity contribution in [3.8, 4) is 0 Å². The Morgan fingerprint density at radius 3 is 2.65 bits per heavy atom. The van der Waals surface area contributed by atoms with E-state index in [0.717, 1.165) is 0 Å². The normalized spacial score (nSPS) is 19.6. The van der Waals surface area contributed by atoms with Gasteiger partial charge in [-0.05, 0) is 24.3 Å². The van der Waals surface area contributed by atoms with Crippen molar-refractivity contribution in [1.29, 1.82) is 0 Å². The molecule has 6 nitrogen and oxygen atoms in total. The summed E-state index contributed by atoms with van der Waals surface area (Å²) in [6.07, 6.45) is 1.22. The molecule has 2 N–H and O–H groups in total. The average molecular weight is 296 g/mol. The molecule has 1 saturated heterocycles. The Hall–Kier alpha value is -1.57. The summed E-state index contributed by atoms with van der Waals surface area (Å²) in [5.74, 6) is -1.21. The molecule has 1 aliphatic heterocycles. The molecule has 1 amide bonds. The maximum absolute atomic E-state index is 11.7. The number of benzene rings is 1. The first-order chi connectivity index (χ1) is 9.56. The summed E-state index contributed by atoms with van der Waals surface area (Å²) in [6.45, 7) is 1.24. The summed E-state index contributed by atoms with van der Waals surface area (Å²) in [4.78, 5) is 24.1. The van der Waals surface area contributed by atoms with Crippen LogP contribution in [0.1, 0.15) is 6.42 Å². The lowest BCUT2D eigenvalue weighted by Gasteiger charge is -2.09. The van der Waals surface area contributed by atoms with Crippen LogP contribution in [0.25, 0.3) is 0 Å². The highest BCUT2D eigenvalue weighted by atomic mass is 32.2. The van der Waals surface area contributed by atoms with Gasteiger partial charge in [-0.3, -0.25) is 19.1 Å². The van der Waals surface area contributed by atoms with E-state index in [9.17, 15) is 13.8 Å². The molecule has 1 aromatic carbocycles. The Morgan fingerprint density at radius 1 is 1.40 bits per heavy atom. The van der Waals surface area contributed by atoms with Crippen LogP contribution in [0.15, 0.2) is 29.2 Å². The predicted octanol–water partition coefficient (Wildman–Crippen LogP) is 0.268. The molecule has 1 heterocycles. The fraction of sp³-hybridized carbons (Fsp3) is 0.385. The molecule has 0 radical (unpaired) electrons. The quantitative estimate of drug-likeness (QED) is 0.762. The standard InChI is InChI=1S/C13H16N2O4S/c1-20(18)10-4-2-9(3-5-10)15-13(17)11(16)8-12-14-6-7-19-12/h2-5,12,14H,6-8H2,1H3,(H,15,17). The number of hydrogen-bond donors (Lipinski definition) is 2. The smallest absolute Gasteiger partial charge is 0.291 e. The average Bonchev–Trinajstić information content (AvgIpc) is 2.92. The van der Waals surface area contributed by atoms with Gasteiger partial charge in [0.1, 0.15) is 6.23 Å². The maximum atomic E-state index is 11.7. The molecule has 20 heavy (non-hydrogen) atoms. The molecule has 1 fully saturated rings. The van der Waals surface area contributed by atoms with E-state index in [1.54, 1.807) is 30.5 Å².